The molecule has 1 fully saturated rings. The number of hydrogen-bond donors (Lipinski definition) is 2. The summed E-state index contributed by atoms with van der Waals surface area (Å²) >= 11 is 0. The Morgan fingerprint density at radius 2 is 2.08 bits per heavy atom. The van der Waals surface area contributed by atoms with Crippen molar-refractivity contribution in [2.45, 2.75) is 31.7 Å². The predicted molar refractivity (Wildman–Crippen MR) is 87.1 cm³/mol. The summed E-state index contributed by atoms with van der Waals surface area (Å²) in [5, 5.41) is 13.7. The third-order valence-corrected chi connectivity index (χ3v) is 4.35. The van der Waals surface area contributed by atoms with E-state index in [9.17, 15) is 13.9 Å². The Labute approximate surface area is 140 Å². The van der Waals surface area contributed by atoms with Gasteiger partial charge in [0.05, 0.1) is 6.10 Å². The molecule has 0 radical (unpaired) electrons. The van der Waals surface area contributed by atoms with E-state index in [0.717, 1.165) is 24.6 Å². The van der Waals surface area contributed by atoms with Crippen molar-refractivity contribution in [3.05, 3.63) is 65.5 Å². The highest BCUT2D eigenvalue weighted by Crippen LogP contribution is 2.16. The Balaban J connectivity index is 1.50. The summed E-state index contributed by atoms with van der Waals surface area (Å²) in [6, 6.07) is 7.84. The first-order valence-electron chi connectivity index (χ1n) is 8.08. The van der Waals surface area contributed by atoms with Crippen molar-refractivity contribution in [3.8, 4) is 0 Å². The molecule has 24 heavy (non-hydrogen) atoms. The molecule has 0 aliphatic carbocycles. The van der Waals surface area contributed by atoms with Gasteiger partial charge < -0.3 is 10.4 Å². The molecule has 0 unspecified atom stereocenters. The molecule has 1 aliphatic rings. The lowest BCUT2D eigenvalue weighted by molar-refractivity contribution is 0.0364. The predicted octanol–water partition coefficient (Wildman–Crippen LogP) is 2.08. The highest BCUT2D eigenvalue weighted by molar-refractivity contribution is 5.18. The number of β-amino-alcohol motifs (C(OH)–C–C–N with tert-alkyl or cyclic N) is 1. The van der Waals surface area contributed by atoms with Crippen LogP contribution in [0.15, 0.2) is 42.7 Å². The van der Waals surface area contributed by atoms with Gasteiger partial charge in [-0.05, 0) is 35.7 Å². The summed E-state index contributed by atoms with van der Waals surface area (Å²) in [5.74, 6) is -1.67. The molecule has 2 atom stereocenters. The van der Waals surface area contributed by atoms with Crippen LogP contribution < -0.4 is 5.32 Å². The molecule has 0 amide bonds. The molecule has 2 aromatic rings. The number of aliphatic hydroxyl groups excluding tert-OH is 1. The van der Waals surface area contributed by atoms with Gasteiger partial charge in [-0.2, -0.15) is 0 Å². The number of aliphatic hydroxyl groups is 1. The summed E-state index contributed by atoms with van der Waals surface area (Å²) in [6.07, 6.45) is 3.83. The van der Waals surface area contributed by atoms with Crippen molar-refractivity contribution in [1.29, 1.82) is 0 Å². The van der Waals surface area contributed by atoms with Crippen molar-refractivity contribution in [1.82, 2.24) is 15.2 Å². The molecular formula is C18H21F2N3O. The number of benzene rings is 1. The van der Waals surface area contributed by atoms with Crippen LogP contribution >= 0.6 is 0 Å². The SMILES string of the molecule is O[C@@H]1CN(Cc2ccc(F)c(F)c2)CC[C@H]1NCc1cccnc1. The fourth-order valence-electron chi connectivity index (χ4n) is 3.03. The molecule has 0 spiro atoms. The summed E-state index contributed by atoms with van der Waals surface area (Å²) in [6.45, 7) is 2.47. The van der Waals surface area contributed by atoms with Crippen molar-refractivity contribution in [2.24, 2.45) is 0 Å². The minimum atomic E-state index is -0.836. The Hall–Kier alpha value is -1.89. The Kier molecular flexibility index (Phi) is 5.50. The maximum Gasteiger partial charge on any atom is 0.159 e. The Morgan fingerprint density at radius 3 is 2.79 bits per heavy atom. The van der Waals surface area contributed by atoms with Crippen LogP contribution in [0.3, 0.4) is 0 Å². The summed E-state index contributed by atoms with van der Waals surface area (Å²) in [4.78, 5) is 6.13. The second-order valence-electron chi connectivity index (χ2n) is 6.19. The van der Waals surface area contributed by atoms with Gasteiger partial charge in [0.25, 0.3) is 0 Å². The van der Waals surface area contributed by atoms with Gasteiger partial charge >= 0.3 is 0 Å². The number of piperidine rings is 1. The van der Waals surface area contributed by atoms with Gasteiger partial charge in [-0.1, -0.05) is 12.1 Å². The number of nitrogens with zero attached hydrogens (tertiary/aromatic N) is 2. The van der Waals surface area contributed by atoms with E-state index >= 15 is 0 Å². The maximum atomic E-state index is 13.3. The molecule has 1 aromatic carbocycles. The molecule has 0 bridgehead atoms. The van der Waals surface area contributed by atoms with Crippen LogP contribution in [-0.4, -0.2) is 40.2 Å². The van der Waals surface area contributed by atoms with E-state index in [0.29, 0.717) is 25.2 Å². The second-order valence-corrected chi connectivity index (χ2v) is 6.19. The van der Waals surface area contributed by atoms with Gasteiger partial charge in [-0.25, -0.2) is 8.78 Å². The third-order valence-electron chi connectivity index (χ3n) is 4.35. The van der Waals surface area contributed by atoms with E-state index < -0.39 is 17.7 Å². The van der Waals surface area contributed by atoms with Crippen LogP contribution in [0.5, 0.6) is 0 Å². The quantitative estimate of drug-likeness (QED) is 0.880. The van der Waals surface area contributed by atoms with Gasteiger partial charge in [-0.3, -0.25) is 9.88 Å². The van der Waals surface area contributed by atoms with Crippen molar-refractivity contribution >= 4 is 0 Å². The Bertz CT molecular complexity index is 669. The molecule has 2 N–H and O–H groups in total. The molecule has 1 saturated heterocycles. The summed E-state index contributed by atoms with van der Waals surface area (Å²) in [5.41, 5.74) is 1.79. The molecule has 1 aliphatic heterocycles. The van der Waals surface area contributed by atoms with E-state index in [1.54, 1.807) is 18.5 Å². The smallest absolute Gasteiger partial charge is 0.159 e. The lowest BCUT2D eigenvalue weighted by Crippen LogP contribution is -2.52. The van der Waals surface area contributed by atoms with E-state index in [2.05, 4.69) is 15.2 Å². The van der Waals surface area contributed by atoms with Gasteiger partial charge in [-0.15, -0.1) is 0 Å². The molecular weight excluding hydrogens is 312 g/mol. The lowest BCUT2D eigenvalue weighted by Gasteiger charge is -2.36. The Morgan fingerprint density at radius 1 is 1.21 bits per heavy atom. The van der Waals surface area contributed by atoms with E-state index in [1.807, 2.05) is 12.1 Å². The highest BCUT2D eigenvalue weighted by Gasteiger charge is 2.27. The van der Waals surface area contributed by atoms with Crippen LogP contribution in [0.1, 0.15) is 17.5 Å². The standard InChI is InChI=1S/C18H21F2N3O/c19-15-4-3-13(8-16(15)20)11-23-7-5-17(18(24)12-23)22-10-14-2-1-6-21-9-14/h1-4,6,8-9,17-18,22,24H,5,7,10-12H2/t17-,18-/m1/s1. The number of halogens is 2. The van der Waals surface area contributed by atoms with Gasteiger partial charge in [0, 0.05) is 44.6 Å². The minimum Gasteiger partial charge on any atom is -0.390 e. The van der Waals surface area contributed by atoms with E-state index in [4.69, 9.17) is 0 Å². The lowest BCUT2D eigenvalue weighted by atomic mass is 10.0. The number of rotatable bonds is 5. The first-order valence-corrected chi connectivity index (χ1v) is 8.08. The highest BCUT2D eigenvalue weighted by atomic mass is 19.2. The van der Waals surface area contributed by atoms with Crippen LogP contribution in [0, 0.1) is 11.6 Å². The summed E-state index contributed by atoms with van der Waals surface area (Å²) < 4.78 is 26.2. The molecule has 4 nitrogen and oxygen atoms in total. The van der Waals surface area contributed by atoms with Gasteiger partial charge in [0.15, 0.2) is 11.6 Å². The summed E-state index contributed by atoms with van der Waals surface area (Å²) in [7, 11) is 0. The fraction of sp³-hybridized carbons (Fsp3) is 0.389. The van der Waals surface area contributed by atoms with Crippen molar-refractivity contribution in [3.63, 3.8) is 0 Å². The number of likely N-dealkylation sites (tertiary alicyclic amines) is 1. The molecule has 128 valence electrons. The molecule has 3 rings (SSSR count). The zero-order valence-corrected chi connectivity index (χ0v) is 13.3. The maximum absolute atomic E-state index is 13.3. The topological polar surface area (TPSA) is 48.4 Å². The largest absolute Gasteiger partial charge is 0.390 e. The second kappa shape index (κ2) is 7.79. The van der Waals surface area contributed by atoms with Crippen LogP contribution in [0.25, 0.3) is 0 Å². The first-order chi connectivity index (χ1) is 11.6. The fourth-order valence-corrected chi connectivity index (χ4v) is 3.03. The van der Waals surface area contributed by atoms with Crippen molar-refractivity contribution < 1.29 is 13.9 Å². The third kappa shape index (κ3) is 4.35. The zero-order chi connectivity index (χ0) is 16.9. The van der Waals surface area contributed by atoms with Gasteiger partial charge in [0.1, 0.15) is 0 Å². The van der Waals surface area contributed by atoms with Crippen LogP contribution in [0.4, 0.5) is 8.78 Å². The van der Waals surface area contributed by atoms with Crippen molar-refractivity contribution in [2.75, 3.05) is 13.1 Å². The van der Waals surface area contributed by atoms with Crippen LogP contribution in [0.2, 0.25) is 0 Å². The number of hydrogen-bond acceptors (Lipinski definition) is 4. The average Bonchev–Trinajstić information content (AvgIpc) is 2.58. The number of nitrogens with one attached hydrogen (secondary N) is 1. The first kappa shape index (κ1) is 17.0. The average molecular weight is 333 g/mol. The number of aromatic nitrogens is 1. The monoisotopic (exact) mass is 333 g/mol. The van der Waals surface area contributed by atoms with Crippen LogP contribution in [-0.2, 0) is 13.1 Å². The minimum absolute atomic E-state index is 0.0198. The van der Waals surface area contributed by atoms with E-state index in [-0.39, 0.29) is 6.04 Å². The zero-order valence-electron chi connectivity index (χ0n) is 13.3. The molecule has 0 saturated carbocycles. The number of pyridine rings is 1. The molecule has 1 aromatic heterocycles. The van der Waals surface area contributed by atoms with E-state index in [1.165, 1.54) is 6.07 Å². The molecule has 6 heteroatoms. The normalized spacial score (nSPS) is 21.8. The molecule has 2 heterocycles. The van der Waals surface area contributed by atoms with Gasteiger partial charge in [0.2, 0.25) is 0 Å².